The van der Waals surface area contributed by atoms with Crippen molar-refractivity contribution < 1.29 is 9.90 Å². The SMILES string of the molecule is CC(C)(C)[C@@]12CC[C@@H](C[C@@H](n3c(N)nc4ccccc43)C1)N2C(=O)O. The van der Waals surface area contributed by atoms with Crippen LogP contribution in [-0.2, 0) is 0 Å². The number of carbonyl (C=O) groups is 1. The summed E-state index contributed by atoms with van der Waals surface area (Å²) in [7, 11) is 0. The van der Waals surface area contributed by atoms with Gasteiger partial charge in [-0.1, -0.05) is 32.9 Å². The number of benzene rings is 1. The van der Waals surface area contributed by atoms with Crippen molar-refractivity contribution in [3.8, 4) is 0 Å². The summed E-state index contributed by atoms with van der Waals surface area (Å²) in [6.07, 6.45) is 2.63. The average molecular weight is 342 g/mol. The van der Waals surface area contributed by atoms with Crippen molar-refractivity contribution >= 4 is 23.1 Å². The summed E-state index contributed by atoms with van der Waals surface area (Å²) in [5, 5.41) is 9.87. The second kappa shape index (κ2) is 5.13. The van der Waals surface area contributed by atoms with Gasteiger partial charge in [-0.25, -0.2) is 9.78 Å². The van der Waals surface area contributed by atoms with Crippen molar-refractivity contribution in [2.45, 2.75) is 64.1 Å². The molecule has 2 saturated heterocycles. The molecular weight excluding hydrogens is 316 g/mol. The minimum absolute atomic E-state index is 0.0519. The highest BCUT2D eigenvalue weighted by Gasteiger charge is 2.59. The minimum Gasteiger partial charge on any atom is -0.465 e. The second-order valence-corrected chi connectivity index (χ2v) is 8.55. The van der Waals surface area contributed by atoms with Crippen LogP contribution < -0.4 is 5.73 Å². The predicted octanol–water partition coefficient (Wildman–Crippen LogP) is 3.88. The summed E-state index contributed by atoms with van der Waals surface area (Å²) < 4.78 is 2.13. The number of nitrogen functional groups attached to an aromatic ring is 1. The standard InChI is InChI=1S/C19H26N4O2/c1-18(2,3)19-9-8-12(23(19)17(24)25)10-13(11-19)22-15-7-5-4-6-14(15)21-16(22)20/h4-7,12-13H,8-11H2,1-3H3,(H2,20,21)(H,24,25)/t12-,13+,19+/m0/s1. The van der Waals surface area contributed by atoms with Gasteiger partial charge in [-0.05, 0) is 43.2 Å². The lowest BCUT2D eigenvalue weighted by atomic mass is 9.67. The molecule has 2 bridgehead atoms. The molecule has 1 aromatic heterocycles. The van der Waals surface area contributed by atoms with Crippen LogP contribution in [-0.4, -0.2) is 37.2 Å². The molecule has 1 aromatic carbocycles. The average Bonchev–Trinajstić information content (AvgIpc) is 2.98. The van der Waals surface area contributed by atoms with Crippen LogP contribution in [0.1, 0.15) is 52.5 Å². The van der Waals surface area contributed by atoms with Crippen molar-refractivity contribution in [3.63, 3.8) is 0 Å². The van der Waals surface area contributed by atoms with Gasteiger partial charge in [0.2, 0.25) is 5.95 Å². The van der Waals surface area contributed by atoms with Gasteiger partial charge in [-0.3, -0.25) is 4.90 Å². The Morgan fingerprint density at radius 3 is 2.72 bits per heavy atom. The Morgan fingerprint density at radius 2 is 2.04 bits per heavy atom. The Bertz CT molecular complexity index is 838. The van der Waals surface area contributed by atoms with E-state index < -0.39 is 6.09 Å². The summed E-state index contributed by atoms with van der Waals surface area (Å²) >= 11 is 0. The van der Waals surface area contributed by atoms with Crippen LogP contribution in [0.5, 0.6) is 0 Å². The van der Waals surface area contributed by atoms with Gasteiger partial charge in [0.1, 0.15) is 0 Å². The van der Waals surface area contributed by atoms with Crippen molar-refractivity contribution in [1.29, 1.82) is 0 Å². The van der Waals surface area contributed by atoms with E-state index in [0.29, 0.717) is 5.95 Å². The molecule has 2 aromatic rings. The number of hydrogen-bond acceptors (Lipinski definition) is 3. The Hall–Kier alpha value is -2.24. The fourth-order valence-corrected chi connectivity index (χ4v) is 5.24. The zero-order valence-electron chi connectivity index (χ0n) is 15.1. The highest BCUT2D eigenvalue weighted by molar-refractivity contribution is 5.78. The molecule has 0 spiro atoms. The van der Waals surface area contributed by atoms with Gasteiger partial charge < -0.3 is 15.4 Å². The summed E-state index contributed by atoms with van der Waals surface area (Å²) in [6, 6.07) is 8.22. The molecule has 1 amide bonds. The van der Waals surface area contributed by atoms with E-state index in [1.165, 1.54) is 0 Å². The first kappa shape index (κ1) is 16.2. The number of hydrogen-bond donors (Lipinski definition) is 2. The van der Waals surface area contributed by atoms with Crippen LogP contribution in [0.25, 0.3) is 11.0 Å². The predicted molar refractivity (Wildman–Crippen MR) is 97.5 cm³/mol. The summed E-state index contributed by atoms with van der Waals surface area (Å²) in [6.45, 7) is 6.47. The number of amides is 1. The van der Waals surface area contributed by atoms with E-state index in [4.69, 9.17) is 5.73 Å². The molecule has 2 aliphatic rings. The van der Waals surface area contributed by atoms with Crippen molar-refractivity contribution in [2.24, 2.45) is 5.41 Å². The van der Waals surface area contributed by atoms with Crippen LogP contribution in [0.15, 0.2) is 24.3 Å². The van der Waals surface area contributed by atoms with Gasteiger partial charge in [0.25, 0.3) is 0 Å². The van der Waals surface area contributed by atoms with E-state index in [2.05, 4.69) is 30.3 Å². The van der Waals surface area contributed by atoms with Crippen molar-refractivity contribution in [3.05, 3.63) is 24.3 Å². The van der Waals surface area contributed by atoms with Crippen LogP contribution in [0.4, 0.5) is 10.7 Å². The fraction of sp³-hybridized carbons (Fsp3) is 0.579. The monoisotopic (exact) mass is 342 g/mol. The first-order chi connectivity index (χ1) is 11.7. The lowest BCUT2D eigenvalue weighted by Gasteiger charge is -2.53. The third kappa shape index (κ3) is 2.16. The summed E-state index contributed by atoms with van der Waals surface area (Å²) in [5.41, 5.74) is 7.71. The van der Waals surface area contributed by atoms with Gasteiger partial charge in [0, 0.05) is 12.1 Å². The quantitative estimate of drug-likeness (QED) is 0.823. The molecule has 25 heavy (non-hydrogen) atoms. The zero-order valence-corrected chi connectivity index (χ0v) is 15.1. The molecule has 3 N–H and O–H groups in total. The highest BCUT2D eigenvalue weighted by atomic mass is 16.4. The molecule has 4 rings (SSSR count). The zero-order chi connectivity index (χ0) is 18.0. The molecule has 134 valence electrons. The molecule has 6 nitrogen and oxygen atoms in total. The third-order valence-corrected chi connectivity index (χ3v) is 6.43. The molecule has 0 radical (unpaired) electrons. The Labute approximate surface area is 147 Å². The minimum atomic E-state index is -0.792. The van der Waals surface area contributed by atoms with Crippen molar-refractivity contribution in [2.75, 3.05) is 5.73 Å². The second-order valence-electron chi connectivity index (χ2n) is 8.55. The molecule has 0 saturated carbocycles. The van der Waals surface area contributed by atoms with Crippen LogP contribution in [0.2, 0.25) is 0 Å². The van der Waals surface area contributed by atoms with E-state index in [1.54, 1.807) is 4.90 Å². The van der Waals surface area contributed by atoms with Gasteiger partial charge in [-0.15, -0.1) is 0 Å². The fourth-order valence-electron chi connectivity index (χ4n) is 5.24. The number of para-hydroxylation sites is 2. The van der Waals surface area contributed by atoms with E-state index >= 15 is 0 Å². The van der Waals surface area contributed by atoms with Gasteiger partial charge >= 0.3 is 6.09 Å². The molecule has 0 aliphatic carbocycles. The van der Waals surface area contributed by atoms with Crippen LogP contribution in [0, 0.1) is 5.41 Å². The normalized spacial score (nSPS) is 29.3. The maximum absolute atomic E-state index is 12.0. The van der Waals surface area contributed by atoms with Crippen molar-refractivity contribution in [1.82, 2.24) is 14.5 Å². The number of carboxylic acid groups (broad SMARTS) is 1. The topological polar surface area (TPSA) is 84.4 Å². The number of anilines is 1. The highest BCUT2D eigenvalue weighted by Crippen LogP contribution is 2.56. The van der Waals surface area contributed by atoms with Gasteiger partial charge in [-0.2, -0.15) is 0 Å². The lowest BCUT2D eigenvalue weighted by Crippen LogP contribution is -2.61. The van der Waals surface area contributed by atoms with Gasteiger partial charge in [0.15, 0.2) is 0 Å². The smallest absolute Gasteiger partial charge is 0.408 e. The number of piperidine rings is 1. The summed E-state index contributed by atoms with van der Waals surface area (Å²) in [5.74, 6) is 0.526. The van der Waals surface area contributed by atoms with E-state index in [9.17, 15) is 9.90 Å². The largest absolute Gasteiger partial charge is 0.465 e. The number of aromatic nitrogens is 2. The Kier molecular flexibility index (Phi) is 3.33. The third-order valence-electron chi connectivity index (χ3n) is 6.43. The van der Waals surface area contributed by atoms with Crippen LogP contribution in [0.3, 0.4) is 0 Å². The summed E-state index contributed by atoms with van der Waals surface area (Å²) in [4.78, 5) is 18.3. The van der Waals surface area contributed by atoms with Crippen LogP contribution >= 0.6 is 0 Å². The molecule has 2 fully saturated rings. The first-order valence-electron chi connectivity index (χ1n) is 8.99. The number of rotatable bonds is 1. The first-order valence-corrected chi connectivity index (χ1v) is 8.99. The maximum atomic E-state index is 12.0. The molecule has 0 unspecified atom stereocenters. The Morgan fingerprint density at radius 1 is 1.32 bits per heavy atom. The van der Waals surface area contributed by atoms with Gasteiger partial charge in [0.05, 0.1) is 16.6 Å². The molecule has 2 aliphatic heterocycles. The molecule has 3 atom stereocenters. The van der Waals surface area contributed by atoms with E-state index in [1.807, 2.05) is 24.3 Å². The number of imidazole rings is 1. The molecular formula is C19H26N4O2. The van der Waals surface area contributed by atoms with E-state index in [-0.39, 0.29) is 23.0 Å². The number of nitrogens with zero attached hydrogens (tertiary/aromatic N) is 3. The maximum Gasteiger partial charge on any atom is 0.408 e. The molecule has 6 heteroatoms. The Balaban J connectivity index is 1.82. The molecule has 3 heterocycles. The van der Waals surface area contributed by atoms with E-state index in [0.717, 1.165) is 36.7 Å². The number of fused-ring (bicyclic) bond motifs is 3. The lowest BCUT2D eigenvalue weighted by molar-refractivity contribution is -0.0292. The number of nitrogens with two attached hydrogens (primary N) is 1.